The molecule has 0 aromatic heterocycles. The predicted molar refractivity (Wildman–Crippen MR) is 83.1 cm³/mol. The second kappa shape index (κ2) is 7.55. The standard InChI is InChI=1S/C15H22N2O2S/c1-19-13-7-5-6-12(10-13)15-16-11-14(18)17(15)8-3-4-9-20-2/h5-7,10,15-16H,3-4,8-9,11H2,1-2H3. The second-order valence-corrected chi connectivity index (χ2v) is 5.83. The van der Waals surface area contributed by atoms with E-state index >= 15 is 0 Å². The van der Waals surface area contributed by atoms with Gasteiger partial charge in [-0.25, -0.2) is 0 Å². The molecule has 0 aliphatic carbocycles. The zero-order chi connectivity index (χ0) is 14.4. The highest BCUT2D eigenvalue weighted by Gasteiger charge is 2.31. The minimum absolute atomic E-state index is 0.0214. The van der Waals surface area contributed by atoms with Crippen LogP contribution in [0.1, 0.15) is 24.6 Å². The molecule has 1 saturated heterocycles. The minimum Gasteiger partial charge on any atom is -0.497 e. The first-order valence-electron chi connectivity index (χ1n) is 6.92. The first-order valence-corrected chi connectivity index (χ1v) is 8.31. The van der Waals surface area contributed by atoms with Crippen LogP contribution in [-0.4, -0.2) is 43.0 Å². The van der Waals surface area contributed by atoms with Gasteiger partial charge >= 0.3 is 0 Å². The molecule has 1 aliphatic rings. The Morgan fingerprint density at radius 2 is 2.30 bits per heavy atom. The van der Waals surface area contributed by atoms with Crippen LogP contribution in [0.3, 0.4) is 0 Å². The molecule has 1 aromatic rings. The molecule has 2 rings (SSSR count). The van der Waals surface area contributed by atoms with Crippen molar-refractivity contribution in [1.29, 1.82) is 0 Å². The molecule has 20 heavy (non-hydrogen) atoms. The number of unbranched alkanes of at least 4 members (excludes halogenated alkanes) is 1. The molecule has 0 radical (unpaired) electrons. The topological polar surface area (TPSA) is 41.6 Å². The number of ether oxygens (including phenoxy) is 1. The maximum atomic E-state index is 12.0. The number of nitrogens with one attached hydrogen (secondary N) is 1. The Balaban J connectivity index is 2.02. The third-order valence-corrected chi connectivity index (χ3v) is 4.18. The summed E-state index contributed by atoms with van der Waals surface area (Å²) in [5.41, 5.74) is 1.08. The van der Waals surface area contributed by atoms with Gasteiger partial charge in [-0.1, -0.05) is 12.1 Å². The van der Waals surface area contributed by atoms with Crippen LogP contribution < -0.4 is 10.1 Å². The molecule has 0 spiro atoms. The van der Waals surface area contributed by atoms with E-state index in [0.29, 0.717) is 6.54 Å². The molecule has 110 valence electrons. The van der Waals surface area contributed by atoms with Crippen LogP contribution in [0.5, 0.6) is 5.75 Å². The Morgan fingerprint density at radius 1 is 1.45 bits per heavy atom. The van der Waals surface area contributed by atoms with Crippen molar-refractivity contribution in [2.24, 2.45) is 0 Å². The van der Waals surface area contributed by atoms with Gasteiger partial charge in [0.25, 0.3) is 0 Å². The van der Waals surface area contributed by atoms with E-state index in [9.17, 15) is 4.79 Å². The number of thioether (sulfide) groups is 1. The van der Waals surface area contributed by atoms with Crippen LogP contribution in [0.4, 0.5) is 0 Å². The van der Waals surface area contributed by atoms with Crippen LogP contribution >= 0.6 is 11.8 Å². The monoisotopic (exact) mass is 294 g/mol. The number of benzene rings is 1. The van der Waals surface area contributed by atoms with Gasteiger partial charge in [0.2, 0.25) is 5.91 Å². The summed E-state index contributed by atoms with van der Waals surface area (Å²) in [4.78, 5) is 13.9. The number of amides is 1. The number of carbonyl (C=O) groups is 1. The van der Waals surface area contributed by atoms with Gasteiger partial charge in [-0.2, -0.15) is 11.8 Å². The summed E-state index contributed by atoms with van der Waals surface area (Å²) in [5.74, 6) is 2.16. The van der Waals surface area contributed by atoms with Crippen molar-refractivity contribution in [2.45, 2.75) is 19.0 Å². The Labute approximate surface area is 124 Å². The Bertz CT molecular complexity index is 453. The van der Waals surface area contributed by atoms with Crippen LogP contribution in [-0.2, 0) is 4.79 Å². The molecule has 1 amide bonds. The SMILES string of the molecule is COc1cccc(C2NCC(=O)N2CCCCSC)c1. The molecule has 1 atom stereocenters. The lowest BCUT2D eigenvalue weighted by Crippen LogP contribution is -2.31. The average molecular weight is 294 g/mol. The van der Waals surface area contributed by atoms with Crippen molar-refractivity contribution in [3.8, 4) is 5.75 Å². The van der Waals surface area contributed by atoms with E-state index in [1.807, 2.05) is 40.9 Å². The highest BCUT2D eigenvalue weighted by atomic mass is 32.2. The number of methoxy groups -OCH3 is 1. The maximum Gasteiger partial charge on any atom is 0.238 e. The Hall–Kier alpha value is -1.20. The van der Waals surface area contributed by atoms with Gasteiger partial charge in [0.15, 0.2) is 0 Å². The van der Waals surface area contributed by atoms with Crippen LogP contribution in [0.2, 0.25) is 0 Å². The van der Waals surface area contributed by atoms with Gasteiger partial charge < -0.3 is 9.64 Å². The summed E-state index contributed by atoms with van der Waals surface area (Å²) in [6.07, 6.45) is 4.29. The predicted octanol–water partition coefficient (Wildman–Crippen LogP) is 2.27. The molecule has 0 bridgehead atoms. The third kappa shape index (κ3) is 3.67. The largest absolute Gasteiger partial charge is 0.497 e. The number of hydrogen-bond acceptors (Lipinski definition) is 4. The van der Waals surface area contributed by atoms with Crippen molar-refractivity contribution in [3.63, 3.8) is 0 Å². The summed E-state index contributed by atoms with van der Waals surface area (Å²) in [5, 5.41) is 3.28. The average Bonchev–Trinajstić information content (AvgIpc) is 2.85. The molecule has 1 N–H and O–H groups in total. The van der Waals surface area contributed by atoms with Crippen molar-refractivity contribution in [2.75, 3.05) is 32.2 Å². The van der Waals surface area contributed by atoms with Gasteiger partial charge in [0.1, 0.15) is 11.9 Å². The van der Waals surface area contributed by atoms with Gasteiger partial charge in [0.05, 0.1) is 13.7 Å². The maximum absolute atomic E-state index is 12.0. The van der Waals surface area contributed by atoms with Gasteiger partial charge in [-0.3, -0.25) is 10.1 Å². The van der Waals surface area contributed by atoms with Crippen LogP contribution in [0.25, 0.3) is 0 Å². The number of hydrogen-bond donors (Lipinski definition) is 1. The lowest BCUT2D eigenvalue weighted by atomic mass is 10.1. The van der Waals surface area contributed by atoms with E-state index in [-0.39, 0.29) is 12.1 Å². The van der Waals surface area contributed by atoms with Gasteiger partial charge in [-0.15, -0.1) is 0 Å². The van der Waals surface area contributed by atoms with E-state index in [2.05, 4.69) is 11.6 Å². The molecule has 1 fully saturated rings. The Morgan fingerprint density at radius 3 is 3.05 bits per heavy atom. The fourth-order valence-electron chi connectivity index (χ4n) is 2.43. The lowest BCUT2D eigenvalue weighted by molar-refractivity contribution is -0.128. The zero-order valence-corrected chi connectivity index (χ0v) is 12.9. The molecule has 4 nitrogen and oxygen atoms in total. The highest BCUT2D eigenvalue weighted by molar-refractivity contribution is 7.98. The highest BCUT2D eigenvalue weighted by Crippen LogP contribution is 2.25. The summed E-state index contributed by atoms with van der Waals surface area (Å²) in [7, 11) is 1.66. The molecular formula is C15H22N2O2S. The third-order valence-electron chi connectivity index (χ3n) is 3.49. The summed E-state index contributed by atoms with van der Waals surface area (Å²) in [6, 6.07) is 7.91. The molecule has 0 saturated carbocycles. The summed E-state index contributed by atoms with van der Waals surface area (Å²) < 4.78 is 5.26. The Kier molecular flexibility index (Phi) is 5.73. The molecule has 5 heteroatoms. The van der Waals surface area contributed by atoms with Crippen molar-refractivity contribution in [1.82, 2.24) is 10.2 Å². The van der Waals surface area contributed by atoms with E-state index in [0.717, 1.165) is 36.5 Å². The van der Waals surface area contributed by atoms with Crippen molar-refractivity contribution in [3.05, 3.63) is 29.8 Å². The van der Waals surface area contributed by atoms with E-state index in [4.69, 9.17) is 4.74 Å². The summed E-state index contributed by atoms with van der Waals surface area (Å²) in [6.45, 7) is 1.23. The number of carbonyl (C=O) groups excluding carboxylic acids is 1. The van der Waals surface area contributed by atoms with E-state index in [1.54, 1.807) is 7.11 Å². The minimum atomic E-state index is -0.0214. The van der Waals surface area contributed by atoms with E-state index < -0.39 is 0 Å². The van der Waals surface area contributed by atoms with Gasteiger partial charge in [-0.05, 0) is 42.5 Å². The molecule has 1 unspecified atom stereocenters. The van der Waals surface area contributed by atoms with Crippen LogP contribution in [0, 0.1) is 0 Å². The lowest BCUT2D eigenvalue weighted by Gasteiger charge is -2.25. The number of rotatable bonds is 7. The van der Waals surface area contributed by atoms with Crippen LogP contribution in [0.15, 0.2) is 24.3 Å². The fraction of sp³-hybridized carbons (Fsp3) is 0.533. The molecule has 1 aliphatic heterocycles. The second-order valence-electron chi connectivity index (χ2n) is 4.85. The normalized spacial score (nSPS) is 18.6. The molecule has 1 aromatic carbocycles. The molecular weight excluding hydrogens is 272 g/mol. The van der Waals surface area contributed by atoms with Crippen molar-refractivity contribution >= 4 is 17.7 Å². The van der Waals surface area contributed by atoms with E-state index in [1.165, 1.54) is 0 Å². The van der Waals surface area contributed by atoms with Gasteiger partial charge in [0, 0.05) is 6.54 Å². The molecule has 1 heterocycles. The number of nitrogens with zero attached hydrogens (tertiary/aromatic N) is 1. The smallest absolute Gasteiger partial charge is 0.238 e. The summed E-state index contributed by atoms with van der Waals surface area (Å²) >= 11 is 1.85. The quantitative estimate of drug-likeness (QED) is 0.783. The van der Waals surface area contributed by atoms with Crippen molar-refractivity contribution < 1.29 is 9.53 Å². The zero-order valence-electron chi connectivity index (χ0n) is 12.1. The first-order chi connectivity index (χ1) is 9.76. The first kappa shape index (κ1) is 15.2. The fourth-order valence-corrected chi connectivity index (χ4v) is 2.92.